The third-order valence-corrected chi connectivity index (χ3v) is 4.50. The van der Waals surface area contributed by atoms with Gasteiger partial charge in [-0.25, -0.2) is 0 Å². The van der Waals surface area contributed by atoms with Crippen LogP contribution in [0.5, 0.6) is 0 Å². The van der Waals surface area contributed by atoms with Crippen molar-refractivity contribution in [3.63, 3.8) is 0 Å². The zero-order chi connectivity index (χ0) is 12.4. The Labute approximate surface area is 111 Å². The lowest BCUT2D eigenvalue weighted by Gasteiger charge is -2.27. The second-order valence-electron chi connectivity index (χ2n) is 4.84. The van der Waals surface area contributed by atoms with Crippen molar-refractivity contribution in [3.05, 3.63) is 46.5 Å². The molecule has 94 valence electrons. The number of hydrogen-bond acceptors (Lipinski definition) is 4. The van der Waals surface area contributed by atoms with Gasteiger partial charge in [0.2, 0.25) is 0 Å². The molecule has 0 spiro atoms. The molecule has 4 heteroatoms. The number of nitrogens with one attached hydrogen (secondary N) is 1. The zero-order valence-corrected chi connectivity index (χ0v) is 11.3. The van der Waals surface area contributed by atoms with E-state index in [2.05, 4.69) is 39.2 Å². The predicted molar refractivity (Wildman–Crippen MR) is 73.8 cm³/mol. The van der Waals surface area contributed by atoms with Crippen molar-refractivity contribution in [2.24, 2.45) is 0 Å². The molecule has 3 nitrogen and oxygen atoms in total. The Morgan fingerprint density at radius 3 is 2.89 bits per heavy atom. The molecule has 0 radical (unpaired) electrons. The fraction of sp³-hybridized carbons (Fsp3) is 0.429. The minimum Gasteiger partial charge on any atom is -0.309 e. The summed E-state index contributed by atoms with van der Waals surface area (Å²) in [4.78, 5) is 1.17. The molecule has 1 unspecified atom stereocenters. The molecular formula is C14H17N3S. The summed E-state index contributed by atoms with van der Waals surface area (Å²) in [6.45, 7) is 0. The molecule has 2 aromatic rings. The van der Waals surface area contributed by atoms with Crippen LogP contribution in [-0.2, 0) is 0 Å². The predicted octanol–water partition coefficient (Wildman–Crippen LogP) is 3.11. The van der Waals surface area contributed by atoms with Crippen molar-refractivity contribution in [1.29, 1.82) is 0 Å². The largest absolute Gasteiger partial charge is 0.309 e. The van der Waals surface area contributed by atoms with E-state index in [1.54, 1.807) is 0 Å². The average Bonchev–Trinajstić information content (AvgIpc) is 2.82. The van der Waals surface area contributed by atoms with Crippen LogP contribution in [0.3, 0.4) is 0 Å². The first-order valence-corrected chi connectivity index (χ1v) is 7.20. The monoisotopic (exact) mass is 259 g/mol. The summed E-state index contributed by atoms with van der Waals surface area (Å²) in [7, 11) is 1.99. The molecule has 1 fully saturated rings. The standard InChI is InChI=1S/C14H17N3S/c1-15-14(13-9-16-17-18-13)12-7-3-6-11(8-12)10-4-2-5-10/h3,6-10,14-15H,2,4-5H2,1H3. The van der Waals surface area contributed by atoms with Gasteiger partial charge < -0.3 is 5.32 Å². The van der Waals surface area contributed by atoms with Gasteiger partial charge in [0.05, 0.1) is 17.1 Å². The maximum atomic E-state index is 3.95. The maximum absolute atomic E-state index is 3.95. The Morgan fingerprint density at radius 2 is 2.28 bits per heavy atom. The lowest BCUT2D eigenvalue weighted by molar-refractivity contribution is 0.419. The van der Waals surface area contributed by atoms with Crippen molar-refractivity contribution in [1.82, 2.24) is 14.9 Å². The normalized spacial score (nSPS) is 17.4. The van der Waals surface area contributed by atoms with E-state index in [1.165, 1.54) is 46.8 Å². The Bertz CT molecular complexity index is 506. The fourth-order valence-corrected chi connectivity index (χ4v) is 3.15. The second kappa shape index (κ2) is 5.16. The van der Waals surface area contributed by atoms with Crippen LogP contribution in [0, 0.1) is 0 Å². The van der Waals surface area contributed by atoms with Crippen molar-refractivity contribution in [2.75, 3.05) is 7.05 Å². The first kappa shape index (κ1) is 11.8. The highest BCUT2D eigenvalue weighted by Crippen LogP contribution is 2.37. The molecule has 1 atom stereocenters. The smallest absolute Gasteiger partial charge is 0.0701 e. The van der Waals surface area contributed by atoms with Gasteiger partial charge in [-0.15, -0.1) is 5.10 Å². The number of aromatic nitrogens is 2. The molecule has 3 rings (SSSR count). The molecule has 18 heavy (non-hydrogen) atoms. The molecule has 0 amide bonds. The van der Waals surface area contributed by atoms with Gasteiger partial charge in [-0.1, -0.05) is 35.2 Å². The summed E-state index contributed by atoms with van der Waals surface area (Å²) in [6, 6.07) is 9.16. The van der Waals surface area contributed by atoms with Crippen molar-refractivity contribution >= 4 is 11.5 Å². The molecule has 1 aromatic carbocycles. The van der Waals surface area contributed by atoms with Crippen molar-refractivity contribution in [2.45, 2.75) is 31.2 Å². The molecular weight excluding hydrogens is 242 g/mol. The van der Waals surface area contributed by atoms with E-state index in [9.17, 15) is 0 Å². The SMILES string of the molecule is CNC(c1cccc(C2CCC2)c1)c1cnns1. The minimum atomic E-state index is 0.213. The van der Waals surface area contributed by atoms with E-state index in [4.69, 9.17) is 0 Å². The summed E-state index contributed by atoms with van der Waals surface area (Å²) in [5.41, 5.74) is 2.80. The zero-order valence-electron chi connectivity index (χ0n) is 10.5. The third kappa shape index (κ3) is 2.18. The van der Waals surface area contributed by atoms with E-state index in [1.807, 2.05) is 13.2 Å². The highest BCUT2D eigenvalue weighted by molar-refractivity contribution is 7.05. The Kier molecular flexibility index (Phi) is 3.39. The van der Waals surface area contributed by atoms with Crippen LogP contribution in [0.2, 0.25) is 0 Å². The van der Waals surface area contributed by atoms with E-state index in [-0.39, 0.29) is 6.04 Å². The number of rotatable bonds is 4. The van der Waals surface area contributed by atoms with Crippen LogP contribution < -0.4 is 5.32 Å². The van der Waals surface area contributed by atoms with E-state index < -0.39 is 0 Å². The van der Waals surface area contributed by atoms with Gasteiger partial charge in [0.25, 0.3) is 0 Å². The number of benzene rings is 1. The van der Waals surface area contributed by atoms with Gasteiger partial charge in [-0.3, -0.25) is 0 Å². The fourth-order valence-electron chi connectivity index (χ4n) is 2.51. The van der Waals surface area contributed by atoms with E-state index in [0.717, 1.165) is 5.92 Å². The molecule has 0 bridgehead atoms. The first-order valence-electron chi connectivity index (χ1n) is 6.43. The van der Waals surface area contributed by atoms with Crippen LogP contribution >= 0.6 is 11.5 Å². The molecule has 0 aliphatic heterocycles. The number of nitrogens with zero attached hydrogens (tertiary/aromatic N) is 2. The average molecular weight is 259 g/mol. The Morgan fingerprint density at radius 1 is 1.39 bits per heavy atom. The molecule has 0 saturated heterocycles. The lowest BCUT2D eigenvalue weighted by atomic mass is 9.79. The molecule has 1 aromatic heterocycles. The van der Waals surface area contributed by atoms with Crippen LogP contribution in [0.25, 0.3) is 0 Å². The molecule has 1 heterocycles. The molecule has 1 aliphatic carbocycles. The third-order valence-electron chi connectivity index (χ3n) is 3.77. The summed E-state index contributed by atoms with van der Waals surface area (Å²) in [6.07, 6.45) is 5.91. The highest BCUT2D eigenvalue weighted by Gasteiger charge is 2.21. The van der Waals surface area contributed by atoms with Gasteiger partial charge in [-0.2, -0.15) is 0 Å². The molecule has 1 N–H and O–H groups in total. The topological polar surface area (TPSA) is 37.8 Å². The quantitative estimate of drug-likeness (QED) is 0.916. The van der Waals surface area contributed by atoms with Gasteiger partial charge in [0, 0.05) is 0 Å². The number of hydrogen-bond donors (Lipinski definition) is 1. The Hall–Kier alpha value is -1.26. The summed E-state index contributed by atoms with van der Waals surface area (Å²) in [5.74, 6) is 0.780. The summed E-state index contributed by atoms with van der Waals surface area (Å²) < 4.78 is 3.95. The summed E-state index contributed by atoms with van der Waals surface area (Å²) in [5, 5.41) is 7.28. The Balaban J connectivity index is 1.90. The van der Waals surface area contributed by atoms with Crippen molar-refractivity contribution < 1.29 is 0 Å². The van der Waals surface area contributed by atoms with Crippen LogP contribution in [0.1, 0.15) is 47.2 Å². The molecule has 1 aliphatic rings. The highest BCUT2D eigenvalue weighted by atomic mass is 32.1. The van der Waals surface area contributed by atoms with Crippen molar-refractivity contribution in [3.8, 4) is 0 Å². The minimum absolute atomic E-state index is 0.213. The van der Waals surface area contributed by atoms with Crippen LogP contribution in [0.4, 0.5) is 0 Å². The van der Waals surface area contributed by atoms with Gasteiger partial charge in [-0.05, 0) is 48.5 Å². The summed E-state index contributed by atoms with van der Waals surface area (Å²) >= 11 is 1.46. The van der Waals surface area contributed by atoms with E-state index >= 15 is 0 Å². The van der Waals surface area contributed by atoms with E-state index in [0.29, 0.717) is 0 Å². The first-order chi connectivity index (χ1) is 8.88. The molecule has 1 saturated carbocycles. The van der Waals surface area contributed by atoms with Crippen LogP contribution in [0.15, 0.2) is 30.5 Å². The second-order valence-corrected chi connectivity index (χ2v) is 5.66. The van der Waals surface area contributed by atoms with Crippen LogP contribution in [-0.4, -0.2) is 16.6 Å². The maximum Gasteiger partial charge on any atom is 0.0701 e. The van der Waals surface area contributed by atoms with Gasteiger partial charge in [0.1, 0.15) is 0 Å². The van der Waals surface area contributed by atoms with Gasteiger partial charge in [0.15, 0.2) is 0 Å². The lowest BCUT2D eigenvalue weighted by Crippen LogP contribution is -2.17. The van der Waals surface area contributed by atoms with Gasteiger partial charge >= 0.3 is 0 Å².